The molecule has 0 aromatic heterocycles. The molecular formula is C23H28FN3O. The van der Waals surface area contributed by atoms with Gasteiger partial charge in [-0.25, -0.2) is 9.18 Å². The van der Waals surface area contributed by atoms with Gasteiger partial charge in [-0.05, 0) is 60.9 Å². The van der Waals surface area contributed by atoms with Gasteiger partial charge in [-0.1, -0.05) is 30.3 Å². The zero-order valence-corrected chi connectivity index (χ0v) is 16.5. The number of halogens is 1. The van der Waals surface area contributed by atoms with Crippen LogP contribution in [0.5, 0.6) is 0 Å². The summed E-state index contributed by atoms with van der Waals surface area (Å²) < 4.78 is 13.7. The van der Waals surface area contributed by atoms with Gasteiger partial charge < -0.3 is 10.2 Å². The lowest BCUT2D eigenvalue weighted by atomic mass is 9.95. The second kappa shape index (κ2) is 8.31. The third-order valence-electron chi connectivity index (χ3n) is 5.96. The van der Waals surface area contributed by atoms with Crippen molar-refractivity contribution in [3.8, 4) is 0 Å². The fourth-order valence-electron chi connectivity index (χ4n) is 4.35. The van der Waals surface area contributed by atoms with E-state index in [-0.39, 0.29) is 11.8 Å². The SMILES string of the molecule is Cc1ccc(NC(=O)N2CCC[C@@H](CN3CCc4ccccc4C3)C2)cc1F. The lowest BCUT2D eigenvalue weighted by Gasteiger charge is -2.37. The Morgan fingerprint density at radius 3 is 2.82 bits per heavy atom. The van der Waals surface area contributed by atoms with Gasteiger partial charge in [-0.2, -0.15) is 0 Å². The molecule has 1 saturated heterocycles. The van der Waals surface area contributed by atoms with E-state index < -0.39 is 0 Å². The van der Waals surface area contributed by atoms with Crippen LogP contribution in [0.2, 0.25) is 0 Å². The summed E-state index contributed by atoms with van der Waals surface area (Å²) in [6.07, 6.45) is 3.28. The maximum absolute atomic E-state index is 13.7. The van der Waals surface area contributed by atoms with Crippen LogP contribution in [0, 0.1) is 18.7 Å². The van der Waals surface area contributed by atoms with Crippen LogP contribution in [0.15, 0.2) is 42.5 Å². The van der Waals surface area contributed by atoms with Crippen molar-refractivity contribution in [2.75, 3.05) is 31.5 Å². The first-order valence-corrected chi connectivity index (χ1v) is 10.2. The summed E-state index contributed by atoms with van der Waals surface area (Å²) in [5, 5.41) is 2.85. The first-order valence-electron chi connectivity index (χ1n) is 10.2. The number of benzene rings is 2. The van der Waals surface area contributed by atoms with Crippen LogP contribution in [0.1, 0.15) is 29.5 Å². The van der Waals surface area contributed by atoms with E-state index >= 15 is 0 Å². The van der Waals surface area contributed by atoms with E-state index in [1.54, 1.807) is 19.1 Å². The summed E-state index contributed by atoms with van der Waals surface area (Å²) >= 11 is 0. The minimum Gasteiger partial charge on any atom is -0.324 e. The van der Waals surface area contributed by atoms with Gasteiger partial charge >= 0.3 is 6.03 Å². The van der Waals surface area contributed by atoms with E-state index in [9.17, 15) is 9.18 Å². The van der Waals surface area contributed by atoms with E-state index in [4.69, 9.17) is 0 Å². The molecule has 2 aromatic rings. The minimum atomic E-state index is -0.292. The van der Waals surface area contributed by atoms with Crippen LogP contribution in [-0.4, -0.2) is 42.0 Å². The standard InChI is InChI=1S/C23H28FN3O/c1-17-8-9-21(13-22(17)24)25-23(28)27-11-4-5-18(15-27)14-26-12-10-19-6-2-3-7-20(19)16-26/h2-3,6-9,13,18H,4-5,10-12,14-16H2,1H3,(H,25,28)/t18-/m0/s1. The predicted octanol–water partition coefficient (Wildman–Crippen LogP) is 4.44. The monoisotopic (exact) mass is 381 g/mol. The first kappa shape index (κ1) is 18.9. The largest absolute Gasteiger partial charge is 0.324 e. The van der Waals surface area contributed by atoms with E-state index in [1.807, 2.05) is 4.90 Å². The molecule has 1 fully saturated rings. The van der Waals surface area contributed by atoms with Crippen molar-refractivity contribution in [2.24, 2.45) is 5.92 Å². The summed E-state index contributed by atoms with van der Waals surface area (Å²) in [6, 6.07) is 13.4. The van der Waals surface area contributed by atoms with Gasteiger partial charge in [0, 0.05) is 38.4 Å². The van der Waals surface area contributed by atoms with Crippen LogP contribution in [0.4, 0.5) is 14.9 Å². The maximum Gasteiger partial charge on any atom is 0.321 e. The Morgan fingerprint density at radius 2 is 2.00 bits per heavy atom. The molecule has 2 amide bonds. The summed E-state index contributed by atoms with van der Waals surface area (Å²) in [5.74, 6) is 0.194. The molecule has 0 bridgehead atoms. The molecular weight excluding hydrogens is 353 g/mol. The van der Waals surface area contributed by atoms with E-state index in [2.05, 4.69) is 34.5 Å². The molecule has 1 atom stereocenters. The molecule has 0 unspecified atom stereocenters. The van der Waals surface area contributed by atoms with Gasteiger partial charge in [-0.15, -0.1) is 0 Å². The van der Waals surface area contributed by atoms with Gasteiger partial charge in [0.25, 0.3) is 0 Å². The van der Waals surface area contributed by atoms with Crippen molar-refractivity contribution in [1.82, 2.24) is 9.80 Å². The number of carbonyl (C=O) groups is 1. The molecule has 148 valence electrons. The quantitative estimate of drug-likeness (QED) is 0.853. The van der Waals surface area contributed by atoms with Crippen molar-refractivity contribution >= 4 is 11.7 Å². The Balaban J connectivity index is 1.33. The summed E-state index contributed by atoms with van der Waals surface area (Å²) in [4.78, 5) is 17.0. The average Bonchev–Trinajstić information content (AvgIpc) is 2.71. The number of aryl methyl sites for hydroxylation is 1. The summed E-state index contributed by atoms with van der Waals surface area (Å²) in [6.45, 7) is 6.36. The number of carbonyl (C=O) groups excluding carboxylic acids is 1. The lowest BCUT2D eigenvalue weighted by Crippen LogP contribution is -2.46. The van der Waals surface area contributed by atoms with Gasteiger partial charge in [0.05, 0.1) is 0 Å². The number of likely N-dealkylation sites (tertiary alicyclic amines) is 1. The molecule has 0 spiro atoms. The lowest BCUT2D eigenvalue weighted by molar-refractivity contribution is 0.140. The Hall–Kier alpha value is -2.40. The highest BCUT2D eigenvalue weighted by molar-refractivity contribution is 5.89. The summed E-state index contributed by atoms with van der Waals surface area (Å²) in [7, 11) is 0. The highest BCUT2D eigenvalue weighted by Gasteiger charge is 2.26. The second-order valence-corrected chi connectivity index (χ2v) is 8.10. The van der Waals surface area contributed by atoms with E-state index in [0.29, 0.717) is 17.2 Å². The zero-order valence-electron chi connectivity index (χ0n) is 16.5. The normalized spacial score (nSPS) is 19.9. The minimum absolute atomic E-state index is 0.128. The Bertz CT molecular complexity index is 853. The molecule has 2 aromatic carbocycles. The molecule has 0 saturated carbocycles. The molecule has 2 heterocycles. The van der Waals surface area contributed by atoms with Crippen LogP contribution in [0.25, 0.3) is 0 Å². The molecule has 5 heteroatoms. The third kappa shape index (κ3) is 4.36. The number of piperidine rings is 1. The number of amides is 2. The number of hydrogen-bond acceptors (Lipinski definition) is 2. The van der Waals surface area contributed by atoms with Crippen LogP contribution in [0.3, 0.4) is 0 Å². The maximum atomic E-state index is 13.7. The van der Waals surface area contributed by atoms with Gasteiger partial charge in [0.2, 0.25) is 0 Å². The number of urea groups is 1. The molecule has 2 aliphatic rings. The zero-order chi connectivity index (χ0) is 19.5. The molecule has 0 radical (unpaired) electrons. The smallest absolute Gasteiger partial charge is 0.321 e. The molecule has 4 rings (SSSR count). The highest BCUT2D eigenvalue weighted by atomic mass is 19.1. The Labute approximate surface area is 166 Å². The van der Waals surface area contributed by atoms with Crippen molar-refractivity contribution in [3.63, 3.8) is 0 Å². The molecule has 1 N–H and O–H groups in total. The molecule has 0 aliphatic carbocycles. The third-order valence-corrected chi connectivity index (χ3v) is 5.96. The summed E-state index contributed by atoms with van der Waals surface area (Å²) in [5.41, 5.74) is 4.00. The van der Waals surface area contributed by atoms with Crippen molar-refractivity contribution in [2.45, 2.75) is 32.7 Å². The topological polar surface area (TPSA) is 35.6 Å². The van der Waals surface area contributed by atoms with Crippen LogP contribution >= 0.6 is 0 Å². The van der Waals surface area contributed by atoms with Crippen molar-refractivity contribution < 1.29 is 9.18 Å². The number of hydrogen-bond donors (Lipinski definition) is 1. The first-order chi connectivity index (χ1) is 13.6. The molecule has 28 heavy (non-hydrogen) atoms. The fraction of sp³-hybridized carbons (Fsp3) is 0.435. The van der Waals surface area contributed by atoms with Gasteiger partial charge in [0.15, 0.2) is 0 Å². The van der Waals surface area contributed by atoms with Crippen LogP contribution < -0.4 is 5.32 Å². The molecule has 4 nitrogen and oxygen atoms in total. The number of fused-ring (bicyclic) bond motifs is 1. The van der Waals surface area contributed by atoms with E-state index in [1.165, 1.54) is 17.2 Å². The van der Waals surface area contributed by atoms with Crippen molar-refractivity contribution in [3.05, 3.63) is 65.0 Å². The number of nitrogens with zero attached hydrogens (tertiary/aromatic N) is 2. The van der Waals surface area contributed by atoms with E-state index in [0.717, 1.165) is 52.0 Å². The van der Waals surface area contributed by atoms with Gasteiger partial charge in [-0.3, -0.25) is 4.90 Å². The number of nitrogens with one attached hydrogen (secondary N) is 1. The number of rotatable bonds is 3. The predicted molar refractivity (Wildman–Crippen MR) is 110 cm³/mol. The fourth-order valence-corrected chi connectivity index (χ4v) is 4.35. The second-order valence-electron chi connectivity index (χ2n) is 8.10. The number of anilines is 1. The molecule has 2 aliphatic heterocycles. The average molecular weight is 381 g/mol. The Kier molecular flexibility index (Phi) is 5.62. The Morgan fingerprint density at radius 1 is 1.18 bits per heavy atom. The van der Waals surface area contributed by atoms with Crippen LogP contribution in [-0.2, 0) is 13.0 Å². The highest BCUT2D eigenvalue weighted by Crippen LogP contribution is 2.23. The van der Waals surface area contributed by atoms with Crippen molar-refractivity contribution in [1.29, 1.82) is 0 Å². The van der Waals surface area contributed by atoms with Gasteiger partial charge in [0.1, 0.15) is 5.82 Å².